The first-order chi connectivity index (χ1) is 16.2. The van der Waals surface area contributed by atoms with Gasteiger partial charge in [-0.2, -0.15) is 0 Å². The van der Waals surface area contributed by atoms with Crippen LogP contribution in [0.25, 0.3) is 11.3 Å². The summed E-state index contributed by atoms with van der Waals surface area (Å²) in [7, 11) is 0. The fourth-order valence-electron chi connectivity index (χ4n) is 4.37. The molecule has 1 saturated carbocycles. The van der Waals surface area contributed by atoms with Gasteiger partial charge in [0.15, 0.2) is 11.5 Å². The lowest BCUT2D eigenvalue weighted by atomic mass is 9.88. The number of pyridine rings is 1. The number of halogens is 2. The van der Waals surface area contributed by atoms with Gasteiger partial charge in [0.25, 0.3) is 0 Å². The Hall–Kier alpha value is -3.81. The van der Waals surface area contributed by atoms with E-state index in [2.05, 4.69) is 9.47 Å². The standard InChI is InChI=1S/C26H21F2NO5.H2/c1-2-15-7-9-19(29-23(15)16-3-5-17(6-4-16)24(31)32)14-22(30)25(11-12-25)18-8-10-20-21(13-18)34-26(27,28)33-20;/h3-10,13H,2,11-12,14H2,1H3,(H,31,32);1H. The third kappa shape index (κ3) is 3.89. The number of ether oxygens (including phenoxy) is 2. The number of aromatic nitrogens is 1. The molecule has 0 bridgehead atoms. The van der Waals surface area contributed by atoms with E-state index in [0.717, 1.165) is 17.5 Å². The van der Waals surface area contributed by atoms with Gasteiger partial charge >= 0.3 is 12.3 Å². The van der Waals surface area contributed by atoms with Crippen LogP contribution in [0.4, 0.5) is 8.78 Å². The fraction of sp³-hybridized carbons (Fsp3) is 0.269. The Morgan fingerprint density at radius 3 is 2.38 bits per heavy atom. The number of carbonyl (C=O) groups excluding carboxylic acids is 1. The number of aromatic carboxylic acids is 1. The average molecular weight is 467 g/mol. The van der Waals surface area contributed by atoms with Crippen LogP contribution >= 0.6 is 0 Å². The largest absolute Gasteiger partial charge is 0.586 e. The number of rotatable bonds is 7. The van der Waals surface area contributed by atoms with Crippen LogP contribution in [-0.2, 0) is 23.1 Å². The maximum atomic E-state index is 13.4. The second-order valence-corrected chi connectivity index (χ2v) is 8.56. The lowest BCUT2D eigenvalue weighted by Crippen LogP contribution is -2.26. The molecule has 5 rings (SSSR count). The minimum absolute atomic E-state index is 0. The Labute approximate surface area is 195 Å². The number of carboxylic acid groups (broad SMARTS) is 1. The first kappa shape index (κ1) is 22.0. The number of Topliss-reactive ketones (excluding diaryl/α,β-unsaturated/α-hetero) is 1. The van der Waals surface area contributed by atoms with Crippen molar-refractivity contribution in [3.63, 3.8) is 0 Å². The summed E-state index contributed by atoms with van der Waals surface area (Å²) >= 11 is 0. The van der Waals surface area contributed by atoms with Crippen LogP contribution in [0.3, 0.4) is 0 Å². The van der Waals surface area contributed by atoms with E-state index in [1.165, 1.54) is 24.3 Å². The average Bonchev–Trinajstić information content (AvgIpc) is 3.56. The summed E-state index contributed by atoms with van der Waals surface area (Å²) < 4.78 is 35.8. The van der Waals surface area contributed by atoms with Crippen LogP contribution in [0.1, 0.15) is 48.4 Å². The summed E-state index contributed by atoms with van der Waals surface area (Å²) in [6.45, 7) is 2.00. The summed E-state index contributed by atoms with van der Waals surface area (Å²) in [4.78, 5) is 29.2. The summed E-state index contributed by atoms with van der Waals surface area (Å²) in [6, 6.07) is 14.7. The zero-order valence-corrected chi connectivity index (χ0v) is 18.3. The van der Waals surface area contributed by atoms with Crippen LogP contribution in [0.5, 0.6) is 11.5 Å². The number of hydrogen-bond acceptors (Lipinski definition) is 5. The van der Waals surface area contributed by atoms with Crippen LogP contribution in [0, 0.1) is 0 Å². The van der Waals surface area contributed by atoms with E-state index in [9.17, 15) is 18.4 Å². The quantitative estimate of drug-likeness (QED) is 0.499. The van der Waals surface area contributed by atoms with E-state index in [0.29, 0.717) is 29.8 Å². The molecule has 1 fully saturated rings. The number of alkyl halides is 2. The van der Waals surface area contributed by atoms with E-state index in [-0.39, 0.29) is 30.7 Å². The maximum Gasteiger partial charge on any atom is 0.586 e. The van der Waals surface area contributed by atoms with Crippen molar-refractivity contribution in [3.05, 3.63) is 77.0 Å². The molecule has 0 saturated heterocycles. The third-order valence-corrected chi connectivity index (χ3v) is 6.40. The van der Waals surface area contributed by atoms with Crippen molar-refractivity contribution in [2.24, 2.45) is 0 Å². The molecule has 1 aromatic heterocycles. The van der Waals surface area contributed by atoms with Crippen molar-refractivity contribution in [2.75, 3.05) is 0 Å². The smallest absolute Gasteiger partial charge is 0.478 e. The molecule has 34 heavy (non-hydrogen) atoms. The lowest BCUT2D eigenvalue weighted by Gasteiger charge is -2.16. The molecule has 1 aliphatic heterocycles. The first-order valence-corrected chi connectivity index (χ1v) is 11.0. The van der Waals surface area contributed by atoms with Crippen molar-refractivity contribution in [2.45, 2.75) is 44.3 Å². The highest BCUT2D eigenvalue weighted by molar-refractivity contribution is 5.94. The summed E-state index contributed by atoms with van der Waals surface area (Å²) in [5.41, 5.74) is 3.13. The molecular formula is C26H23F2NO5. The topological polar surface area (TPSA) is 85.7 Å². The molecular weight excluding hydrogens is 444 g/mol. The van der Waals surface area contributed by atoms with E-state index in [4.69, 9.17) is 10.1 Å². The second-order valence-electron chi connectivity index (χ2n) is 8.56. The number of aryl methyl sites for hydroxylation is 1. The van der Waals surface area contributed by atoms with Gasteiger partial charge < -0.3 is 14.6 Å². The minimum Gasteiger partial charge on any atom is -0.478 e. The molecule has 2 aromatic carbocycles. The molecule has 6 nitrogen and oxygen atoms in total. The van der Waals surface area contributed by atoms with Crippen molar-refractivity contribution in [1.29, 1.82) is 0 Å². The summed E-state index contributed by atoms with van der Waals surface area (Å²) in [5.74, 6) is -1.16. The number of nitrogens with zero attached hydrogens (tertiary/aromatic N) is 1. The van der Waals surface area contributed by atoms with E-state index >= 15 is 0 Å². The second kappa shape index (κ2) is 7.90. The highest BCUT2D eigenvalue weighted by Crippen LogP contribution is 2.52. The van der Waals surface area contributed by atoms with Crippen molar-refractivity contribution >= 4 is 11.8 Å². The predicted octanol–water partition coefficient (Wildman–Crippen LogP) is 5.42. The molecule has 2 heterocycles. The van der Waals surface area contributed by atoms with Gasteiger partial charge in [-0.3, -0.25) is 9.78 Å². The molecule has 176 valence electrons. The minimum atomic E-state index is -3.70. The van der Waals surface area contributed by atoms with Crippen LogP contribution < -0.4 is 9.47 Å². The molecule has 0 atom stereocenters. The van der Waals surface area contributed by atoms with Gasteiger partial charge in [-0.05, 0) is 60.7 Å². The molecule has 3 aromatic rings. The number of carboxylic acids is 1. The van der Waals surface area contributed by atoms with E-state index in [1.54, 1.807) is 18.2 Å². The van der Waals surface area contributed by atoms with Gasteiger partial charge in [0, 0.05) is 19.1 Å². The first-order valence-electron chi connectivity index (χ1n) is 11.0. The van der Waals surface area contributed by atoms with Crippen molar-refractivity contribution < 1.29 is 34.4 Å². The molecule has 8 heteroatoms. The Balaban J connectivity index is 0.00000289. The number of benzene rings is 2. The lowest BCUT2D eigenvalue weighted by molar-refractivity contribution is -0.286. The number of hydrogen-bond donors (Lipinski definition) is 1. The van der Waals surface area contributed by atoms with Gasteiger partial charge in [0.1, 0.15) is 5.78 Å². The normalized spacial score (nSPS) is 16.8. The molecule has 0 radical (unpaired) electrons. The molecule has 1 N–H and O–H groups in total. The zero-order chi connectivity index (χ0) is 24.1. The van der Waals surface area contributed by atoms with Crippen LogP contribution in [-0.4, -0.2) is 28.1 Å². The van der Waals surface area contributed by atoms with Gasteiger partial charge in [-0.25, -0.2) is 4.79 Å². The predicted molar refractivity (Wildman–Crippen MR) is 120 cm³/mol. The van der Waals surface area contributed by atoms with E-state index in [1.807, 2.05) is 19.1 Å². The van der Waals surface area contributed by atoms with Crippen molar-refractivity contribution in [3.8, 4) is 22.8 Å². The SMILES string of the molecule is CCc1ccc(CC(=O)C2(c3ccc4c(c3)OC(F)(F)O4)CC2)nc1-c1ccc(C(=O)O)cc1.[HH]. The highest BCUT2D eigenvalue weighted by atomic mass is 19.3. The number of ketones is 1. The molecule has 1 aliphatic carbocycles. The summed E-state index contributed by atoms with van der Waals surface area (Å²) in [5, 5.41) is 9.14. The van der Waals surface area contributed by atoms with E-state index < -0.39 is 17.7 Å². The van der Waals surface area contributed by atoms with Crippen LogP contribution in [0.15, 0.2) is 54.6 Å². The Morgan fingerprint density at radius 1 is 1.03 bits per heavy atom. The zero-order valence-electron chi connectivity index (χ0n) is 18.3. The highest BCUT2D eigenvalue weighted by Gasteiger charge is 2.52. The summed E-state index contributed by atoms with van der Waals surface area (Å²) in [6.07, 6.45) is -1.64. The Morgan fingerprint density at radius 2 is 1.74 bits per heavy atom. The van der Waals surface area contributed by atoms with Gasteiger partial charge in [-0.1, -0.05) is 31.2 Å². The Kier molecular flexibility index (Phi) is 5.11. The number of fused-ring (bicyclic) bond motifs is 1. The maximum absolute atomic E-state index is 13.4. The van der Waals surface area contributed by atoms with Crippen molar-refractivity contribution in [1.82, 2.24) is 4.98 Å². The van der Waals surface area contributed by atoms with Crippen LogP contribution in [0.2, 0.25) is 0 Å². The molecule has 0 amide bonds. The van der Waals surface area contributed by atoms with Gasteiger partial charge in [0.05, 0.1) is 16.7 Å². The number of carbonyl (C=O) groups is 2. The molecule has 0 spiro atoms. The molecule has 0 unspecified atom stereocenters. The van der Waals surface area contributed by atoms with Gasteiger partial charge in [-0.15, -0.1) is 8.78 Å². The third-order valence-electron chi connectivity index (χ3n) is 6.40. The fourth-order valence-corrected chi connectivity index (χ4v) is 4.37. The van der Waals surface area contributed by atoms with Gasteiger partial charge in [0.2, 0.25) is 0 Å². The Bertz CT molecular complexity index is 1310. The monoisotopic (exact) mass is 467 g/mol. The molecule has 2 aliphatic rings.